The highest BCUT2D eigenvalue weighted by atomic mass is 32.1. The van der Waals surface area contributed by atoms with Crippen molar-refractivity contribution >= 4 is 28.3 Å². The van der Waals surface area contributed by atoms with Gasteiger partial charge >= 0.3 is 0 Å². The van der Waals surface area contributed by atoms with Gasteiger partial charge in [0, 0.05) is 24.4 Å². The van der Waals surface area contributed by atoms with Gasteiger partial charge in [-0.15, -0.1) is 11.3 Å². The van der Waals surface area contributed by atoms with Crippen molar-refractivity contribution in [3.05, 3.63) is 46.9 Å². The van der Waals surface area contributed by atoms with E-state index < -0.39 is 0 Å². The van der Waals surface area contributed by atoms with E-state index in [1.54, 1.807) is 0 Å². The Balaban J connectivity index is 1.64. The Kier molecular flexibility index (Phi) is 5.70. The van der Waals surface area contributed by atoms with E-state index in [0.29, 0.717) is 11.7 Å². The van der Waals surface area contributed by atoms with Crippen LogP contribution in [0.5, 0.6) is 0 Å². The molecule has 1 aliphatic carbocycles. The van der Waals surface area contributed by atoms with Crippen molar-refractivity contribution in [2.45, 2.75) is 41.2 Å². The molecule has 0 aliphatic heterocycles. The minimum absolute atomic E-state index is 0.00875. The van der Waals surface area contributed by atoms with E-state index in [9.17, 15) is 9.59 Å². The van der Waals surface area contributed by atoms with Crippen LogP contribution in [0.3, 0.4) is 0 Å². The SMILES string of the molecule is CC(=O)NCc1ccc(-c2csc(NC(=O)C3C(C=C(C)C)C3(C)C)n2)cc1. The number of hydrogen-bond acceptors (Lipinski definition) is 4. The van der Waals surface area contributed by atoms with Crippen LogP contribution in [0.2, 0.25) is 0 Å². The van der Waals surface area contributed by atoms with Crippen molar-refractivity contribution < 1.29 is 9.59 Å². The Bertz CT molecular complexity index is 908. The molecule has 28 heavy (non-hydrogen) atoms. The van der Waals surface area contributed by atoms with Crippen LogP contribution in [0.1, 0.15) is 40.2 Å². The zero-order chi connectivity index (χ0) is 20.5. The summed E-state index contributed by atoms with van der Waals surface area (Å²) < 4.78 is 0. The van der Waals surface area contributed by atoms with Crippen LogP contribution < -0.4 is 10.6 Å². The minimum atomic E-state index is -0.0466. The van der Waals surface area contributed by atoms with E-state index in [1.165, 1.54) is 23.8 Å². The first-order chi connectivity index (χ1) is 13.2. The third-order valence-corrected chi connectivity index (χ3v) is 5.99. The number of aromatic nitrogens is 1. The van der Waals surface area contributed by atoms with Crippen LogP contribution in [0.25, 0.3) is 11.3 Å². The Morgan fingerprint density at radius 1 is 1.18 bits per heavy atom. The lowest BCUT2D eigenvalue weighted by molar-refractivity contribution is -0.119. The molecule has 0 spiro atoms. The summed E-state index contributed by atoms with van der Waals surface area (Å²) in [5.41, 5.74) is 4.08. The molecule has 0 saturated heterocycles. The number of thiazole rings is 1. The Labute approximate surface area is 170 Å². The molecule has 1 heterocycles. The molecular weight excluding hydrogens is 370 g/mol. The van der Waals surface area contributed by atoms with Crippen molar-refractivity contribution in [3.63, 3.8) is 0 Å². The van der Waals surface area contributed by atoms with Gasteiger partial charge in [-0.05, 0) is 30.7 Å². The van der Waals surface area contributed by atoms with Gasteiger partial charge in [0.1, 0.15) is 0 Å². The van der Waals surface area contributed by atoms with Gasteiger partial charge in [0.2, 0.25) is 11.8 Å². The highest BCUT2D eigenvalue weighted by molar-refractivity contribution is 7.14. The number of rotatable bonds is 6. The molecule has 5 nitrogen and oxygen atoms in total. The predicted molar refractivity (Wildman–Crippen MR) is 114 cm³/mol. The Hall–Kier alpha value is -2.47. The molecule has 6 heteroatoms. The number of carbonyl (C=O) groups excluding carboxylic acids is 2. The molecule has 3 rings (SSSR count). The van der Waals surface area contributed by atoms with Crippen molar-refractivity contribution in [3.8, 4) is 11.3 Å². The largest absolute Gasteiger partial charge is 0.352 e. The van der Waals surface area contributed by atoms with E-state index in [2.05, 4.69) is 49.4 Å². The highest BCUT2D eigenvalue weighted by Gasteiger charge is 2.60. The van der Waals surface area contributed by atoms with Crippen LogP contribution in [0.4, 0.5) is 5.13 Å². The first-order valence-corrected chi connectivity index (χ1v) is 10.3. The molecule has 1 aromatic carbocycles. The normalized spacial score (nSPS) is 19.6. The van der Waals surface area contributed by atoms with Gasteiger partial charge in [-0.3, -0.25) is 9.59 Å². The standard InChI is InChI=1S/C22H27N3O2S/c1-13(2)10-17-19(22(17,4)5)20(27)25-21-24-18(12-28-21)16-8-6-15(7-9-16)11-23-14(3)26/h6-10,12,17,19H,11H2,1-5H3,(H,23,26)(H,24,25,27). The van der Waals surface area contributed by atoms with Crippen molar-refractivity contribution in [1.82, 2.24) is 10.3 Å². The number of amides is 2. The number of nitrogens with zero attached hydrogens (tertiary/aromatic N) is 1. The topological polar surface area (TPSA) is 71.1 Å². The molecule has 1 fully saturated rings. The molecule has 1 saturated carbocycles. The van der Waals surface area contributed by atoms with E-state index in [1.807, 2.05) is 29.6 Å². The predicted octanol–water partition coefficient (Wildman–Crippen LogP) is 4.62. The monoisotopic (exact) mass is 397 g/mol. The number of benzene rings is 1. The third-order valence-electron chi connectivity index (χ3n) is 5.23. The van der Waals surface area contributed by atoms with Crippen LogP contribution in [0, 0.1) is 17.3 Å². The molecule has 1 aliphatic rings. The van der Waals surface area contributed by atoms with Crippen LogP contribution in [-0.2, 0) is 16.1 Å². The molecule has 2 N–H and O–H groups in total. The Morgan fingerprint density at radius 2 is 1.86 bits per heavy atom. The number of nitrogens with one attached hydrogen (secondary N) is 2. The summed E-state index contributed by atoms with van der Waals surface area (Å²) in [6.45, 7) is 10.4. The first-order valence-electron chi connectivity index (χ1n) is 9.43. The zero-order valence-electron chi connectivity index (χ0n) is 17.0. The van der Waals surface area contributed by atoms with Crippen LogP contribution in [0.15, 0.2) is 41.3 Å². The molecule has 2 atom stereocenters. The van der Waals surface area contributed by atoms with Gasteiger partial charge in [-0.2, -0.15) is 0 Å². The summed E-state index contributed by atoms with van der Waals surface area (Å²) in [7, 11) is 0. The molecular formula is C22H27N3O2S. The summed E-state index contributed by atoms with van der Waals surface area (Å²) in [4.78, 5) is 28.3. The number of carbonyl (C=O) groups is 2. The van der Waals surface area contributed by atoms with Gasteiger partial charge in [-0.1, -0.05) is 49.8 Å². The molecule has 0 bridgehead atoms. The quantitative estimate of drug-likeness (QED) is 0.699. The highest BCUT2D eigenvalue weighted by Crippen LogP contribution is 2.59. The maximum absolute atomic E-state index is 12.7. The van der Waals surface area contributed by atoms with Gasteiger partial charge in [0.25, 0.3) is 0 Å². The van der Waals surface area contributed by atoms with E-state index in [0.717, 1.165) is 16.8 Å². The lowest BCUT2D eigenvalue weighted by Gasteiger charge is -2.04. The summed E-state index contributed by atoms with van der Waals surface area (Å²) >= 11 is 1.44. The smallest absolute Gasteiger partial charge is 0.230 e. The number of anilines is 1. The molecule has 2 unspecified atom stereocenters. The molecule has 1 aromatic heterocycles. The lowest BCUT2D eigenvalue weighted by Crippen LogP contribution is -2.18. The van der Waals surface area contributed by atoms with E-state index in [-0.39, 0.29) is 29.1 Å². The van der Waals surface area contributed by atoms with E-state index in [4.69, 9.17) is 0 Å². The number of hydrogen-bond donors (Lipinski definition) is 2. The minimum Gasteiger partial charge on any atom is -0.352 e. The average Bonchev–Trinajstić information content (AvgIpc) is 2.94. The Morgan fingerprint density at radius 3 is 2.46 bits per heavy atom. The summed E-state index contributed by atoms with van der Waals surface area (Å²) in [6.07, 6.45) is 2.19. The second-order valence-corrected chi connectivity index (χ2v) is 9.06. The van der Waals surface area contributed by atoms with Crippen LogP contribution >= 0.6 is 11.3 Å². The fourth-order valence-corrected chi connectivity index (χ4v) is 4.24. The average molecular weight is 398 g/mol. The maximum atomic E-state index is 12.7. The van der Waals surface area contributed by atoms with Gasteiger partial charge < -0.3 is 10.6 Å². The fourth-order valence-electron chi connectivity index (χ4n) is 3.52. The van der Waals surface area contributed by atoms with Gasteiger partial charge in [-0.25, -0.2) is 4.98 Å². The van der Waals surface area contributed by atoms with Gasteiger partial charge in [0.15, 0.2) is 5.13 Å². The third kappa shape index (κ3) is 4.50. The summed E-state index contributed by atoms with van der Waals surface area (Å²) in [5, 5.41) is 8.34. The number of allylic oxidation sites excluding steroid dienone is 2. The summed E-state index contributed by atoms with van der Waals surface area (Å²) in [6, 6.07) is 7.90. The second kappa shape index (κ2) is 7.87. The first kappa shape index (κ1) is 20.3. The van der Waals surface area contributed by atoms with Crippen molar-refractivity contribution in [2.24, 2.45) is 17.3 Å². The summed E-state index contributed by atoms with van der Waals surface area (Å²) in [5.74, 6) is 0.268. The van der Waals surface area contributed by atoms with Crippen molar-refractivity contribution in [1.29, 1.82) is 0 Å². The van der Waals surface area contributed by atoms with E-state index >= 15 is 0 Å². The van der Waals surface area contributed by atoms with Crippen molar-refractivity contribution in [2.75, 3.05) is 5.32 Å². The maximum Gasteiger partial charge on any atom is 0.230 e. The molecule has 148 valence electrons. The second-order valence-electron chi connectivity index (χ2n) is 8.20. The van der Waals surface area contributed by atoms with Gasteiger partial charge in [0.05, 0.1) is 11.6 Å². The van der Waals surface area contributed by atoms with Crippen LogP contribution in [-0.4, -0.2) is 16.8 Å². The molecule has 2 aromatic rings. The fraction of sp³-hybridized carbons (Fsp3) is 0.409. The molecule has 2 amide bonds. The molecule has 0 radical (unpaired) electrons. The lowest BCUT2D eigenvalue weighted by atomic mass is 10.1. The zero-order valence-corrected chi connectivity index (χ0v) is 17.8.